The third-order valence-electron chi connectivity index (χ3n) is 1.79. The average molecular weight is 231 g/mol. The largest absolute Gasteiger partial charge is 0.507 e. The van der Waals surface area contributed by atoms with Crippen LogP contribution in [0.25, 0.3) is 10.1 Å². The number of thioether (sulfide) groups is 1. The third kappa shape index (κ3) is 1.64. The van der Waals surface area contributed by atoms with E-state index in [2.05, 4.69) is 0 Å². The highest BCUT2D eigenvalue weighted by Gasteiger charge is 2.06. The van der Waals surface area contributed by atoms with Crippen molar-refractivity contribution >= 4 is 44.8 Å². The van der Waals surface area contributed by atoms with E-state index in [0.29, 0.717) is 10.1 Å². The SMILES string of the molecule is CSc1cc(O)c2cc(Cl)sc2c1. The minimum atomic E-state index is 0.310. The van der Waals surface area contributed by atoms with Crippen molar-refractivity contribution in [3.05, 3.63) is 22.5 Å². The molecule has 1 aromatic heterocycles. The van der Waals surface area contributed by atoms with Gasteiger partial charge in [0.1, 0.15) is 5.75 Å². The Balaban J connectivity index is 2.75. The van der Waals surface area contributed by atoms with Crippen molar-refractivity contribution < 1.29 is 5.11 Å². The smallest absolute Gasteiger partial charge is 0.125 e. The van der Waals surface area contributed by atoms with Gasteiger partial charge in [-0.2, -0.15) is 0 Å². The fourth-order valence-electron chi connectivity index (χ4n) is 1.18. The first kappa shape index (κ1) is 9.19. The molecule has 0 bridgehead atoms. The molecular weight excluding hydrogens is 224 g/mol. The number of halogens is 1. The number of hydrogen-bond donors (Lipinski definition) is 1. The monoisotopic (exact) mass is 230 g/mol. The number of rotatable bonds is 1. The van der Waals surface area contributed by atoms with E-state index in [1.807, 2.05) is 12.3 Å². The van der Waals surface area contributed by atoms with Crippen molar-refractivity contribution in [2.75, 3.05) is 6.26 Å². The standard InChI is InChI=1S/C9H7ClOS2/c1-12-5-2-7(11)6-4-9(10)13-8(6)3-5/h2-4,11H,1H3. The zero-order chi connectivity index (χ0) is 9.42. The molecule has 0 saturated carbocycles. The summed E-state index contributed by atoms with van der Waals surface area (Å²) in [5.41, 5.74) is 0. The van der Waals surface area contributed by atoms with Crippen LogP contribution in [0, 0.1) is 0 Å². The predicted molar refractivity (Wildman–Crippen MR) is 60.3 cm³/mol. The van der Waals surface area contributed by atoms with Gasteiger partial charge in [0.15, 0.2) is 0 Å². The molecule has 2 rings (SSSR count). The van der Waals surface area contributed by atoms with Crippen molar-refractivity contribution in [1.29, 1.82) is 0 Å². The molecule has 1 heterocycles. The fourth-order valence-corrected chi connectivity index (χ4v) is 2.93. The Hall–Kier alpha value is -0.380. The second-order valence-corrected chi connectivity index (χ2v) is 5.20. The lowest BCUT2D eigenvalue weighted by molar-refractivity contribution is 0.480. The molecule has 68 valence electrons. The van der Waals surface area contributed by atoms with Crippen LogP contribution >= 0.6 is 34.7 Å². The molecule has 0 amide bonds. The molecule has 0 saturated heterocycles. The van der Waals surface area contributed by atoms with E-state index in [0.717, 1.165) is 15.0 Å². The van der Waals surface area contributed by atoms with Gasteiger partial charge in [0.25, 0.3) is 0 Å². The zero-order valence-corrected chi connectivity index (χ0v) is 9.26. The lowest BCUT2D eigenvalue weighted by atomic mass is 10.2. The summed E-state index contributed by atoms with van der Waals surface area (Å²) in [6.07, 6.45) is 1.98. The lowest BCUT2D eigenvalue weighted by Gasteiger charge is -1.98. The van der Waals surface area contributed by atoms with Gasteiger partial charge in [-0.1, -0.05) is 11.6 Å². The van der Waals surface area contributed by atoms with Crippen LogP contribution < -0.4 is 0 Å². The van der Waals surface area contributed by atoms with Crippen molar-refractivity contribution in [2.45, 2.75) is 4.90 Å². The maximum Gasteiger partial charge on any atom is 0.125 e. The Morgan fingerprint density at radius 1 is 1.38 bits per heavy atom. The molecule has 13 heavy (non-hydrogen) atoms. The highest BCUT2D eigenvalue weighted by atomic mass is 35.5. The molecule has 0 aliphatic rings. The van der Waals surface area contributed by atoms with Crippen LogP contribution in [0.4, 0.5) is 0 Å². The van der Waals surface area contributed by atoms with Gasteiger partial charge < -0.3 is 5.11 Å². The number of aromatic hydroxyl groups is 1. The highest BCUT2D eigenvalue weighted by molar-refractivity contribution is 7.98. The average Bonchev–Trinajstić information content (AvgIpc) is 2.46. The van der Waals surface area contributed by atoms with E-state index in [-0.39, 0.29) is 0 Å². The molecule has 0 spiro atoms. The number of phenols is 1. The highest BCUT2D eigenvalue weighted by Crippen LogP contribution is 2.37. The van der Waals surface area contributed by atoms with Crippen LogP contribution in [0.1, 0.15) is 0 Å². The summed E-state index contributed by atoms with van der Waals surface area (Å²) in [6.45, 7) is 0. The van der Waals surface area contributed by atoms with Gasteiger partial charge >= 0.3 is 0 Å². The van der Waals surface area contributed by atoms with Gasteiger partial charge in [0.2, 0.25) is 0 Å². The van der Waals surface area contributed by atoms with Gasteiger partial charge in [-0.3, -0.25) is 0 Å². The molecule has 0 aliphatic heterocycles. The molecule has 1 nitrogen and oxygen atoms in total. The molecule has 0 unspecified atom stereocenters. The molecule has 0 aliphatic carbocycles. The van der Waals surface area contributed by atoms with Gasteiger partial charge in [0.05, 0.1) is 4.34 Å². The van der Waals surface area contributed by atoms with Crippen molar-refractivity contribution in [1.82, 2.24) is 0 Å². The van der Waals surface area contributed by atoms with Gasteiger partial charge in [-0.15, -0.1) is 23.1 Å². The topological polar surface area (TPSA) is 20.2 Å². The number of thiophene rings is 1. The molecule has 1 N–H and O–H groups in total. The molecule has 2 aromatic rings. The zero-order valence-electron chi connectivity index (χ0n) is 6.87. The summed E-state index contributed by atoms with van der Waals surface area (Å²) in [5.74, 6) is 0.310. The van der Waals surface area contributed by atoms with Crippen LogP contribution in [0.5, 0.6) is 5.75 Å². The summed E-state index contributed by atoms with van der Waals surface area (Å²) >= 11 is 8.95. The first-order valence-electron chi connectivity index (χ1n) is 3.67. The summed E-state index contributed by atoms with van der Waals surface area (Å²) in [6, 6.07) is 5.59. The van der Waals surface area contributed by atoms with E-state index >= 15 is 0 Å². The maximum absolute atomic E-state index is 9.63. The Bertz CT molecular complexity index is 450. The summed E-state index contributed by atoms with van der Waals surface area (Å²) < 4.78 is 1.75. The minimum absolute atomic E-state index is 0.310. The Morgan fingerprint density at radius 3 is 2.85 bits per heavy atom. The normalized spacial score (nSPS) is 10.9. The molecule has 4 heteroatoms. The first-order chi connectivity index (χ1) is 6.20. The van der Waals surface area contributed by atoms with Crippen LogP contribution in [-0.2, 0) is 0 Å². The Morgan fingerprint density at radius 2 is 2.15 bits per heavy atom. The van der Waals surface area contributed by atoms with E-state index in [1.54, 1.807) is 23.9 Å². The number of phenolic OH excluding ortho intramolecular Hbond substituents is 1. The van der Waals surface area contributed by atoms with E-state index in [9.17, 15) is 5.11 Å². The van der Waals surface area contributed by atoms with Crippen molar-refractivity contribution in [2.24, 2.45) is 0 Å². The molecular formula is C9H7ClOS2. The van der Waals surface area contributed by atoms with Crippen molar-refractivity contribution in [3.8, 4) is 5.75 Å². The quantitative estimate of drug-likeness (QED) is 0.748. The number of fused-ring (bicyclic) bond motifs is 1. The number of benzene rings is 1. The lowest BCUT2D eigenvalue weighted by Crippen LogP contribution is -1.70. The number of hydrogen-bond acceptors (Lipinski definition) is 3. The van der Waals surface area contributed by atoms with Crippen LogP contribution in [0.2, 0.25) is 4.34 Å². The third-order valence-corrected chi connectivity index (χ3v) is 3.71. The first-order valence-corrected chi connectivity index (χ1v) is 6.08. The van der Waals surface area contributed by atoms with Gasteiger partial charge in [-0.25, -0.2) is 0 Å². The molecule has 0 radical (unpaired) electrons. The minimum Gasteiger partial charge on any atom is -0.507 e. The molecule has 1 aromatic carbocycles. The second kappa shape index (κ2) is 3.40. The maximum atomic E-state index is 9.63. The molecule has 0 fully saturated rings. The van der Waals surface area contributed by atoms with E-state index < -0.39 is 0 Å². The van der Waals surface area contributed by atoms with Gasteiger partial charge in [0, 0.05) is 15.0 Å². The van der Waals surface area contributed by atoms with Crippen molar-refractivity contribution in [3.63, 3.8) is 0 Å². The summed E-state index contributed by atoms with van der Waals surface area (Å²) in [7, 11) is 0. The summed E-state index contributed by atoms with van der Waals surface area (Å²) in [4.78, 5) is 1.06. The van der Waals surface area contributed by atoms with Crippen LogP contribution in [0.15, 0.2) is 23.1 Å². The molecule has 0 atom stereocenters. The van der Waals surface area contributed by atoms with Gasteiger partial charge in [-0.05, 0) is 24.5 Å². The van der Waals surface area contributed by atoms with Crippen LogP contribution in [0.3, 0.4) is 0 Å². The van der Waals surface area contributed by atoms with E-state index in [4.69, 9.17) is 11.6 Å². The predicted octanol–water partition coefficient (Wildman–Crippen LogP) is 3.98. The van der Waals surface area contributed by atoms with E-state index in [1.165, 1.54) is 11.3 Å². The fraction of sp³-hybridized carbons (Fsp3) is 0.111. The Labute approximate surface area is 89.3 Å². The second-order valence-electron chi connectivity index (χ2n) is 2.61. The summed E-state index contributed by atoms with van der Waals surface area (Å²) in [5, 5.41) is 10.5. The Kier molecular flexibility index (Phi) is 2.41. The van der Waals surface area contributed by atoms with Crippen LogP contribution in [-0.4, -0.2) is 11.4 Å².